The van der Waals surface area contributed by atoms with Crippen molar-refractivity contribution in [3.63, 3.8) is 0 Å². The SMILES string of the molecule is O=C(Nc1ccccc1C#CCCO)C1CC1. The Kier molecular flexibility index (Phi) is 3.79. The summed E-state index contributed by atoms with van der Waals surface area (Å²) < 4.78 is 0. The number of hydrogen-bond acceptors (Lipinski definition) is 2. The molecule has 3 nitrogen and oxygen atoms in total. The Bertz CT molecular complexity index is 467. The van der Waals surface area contributed by atoms with E-state index in [4.69, 9.17) is 5.11 Å². The quantitative estimate of drug-likeness (QED) is 0.776. The monoisotopic (exact) mass is 229 g/mol. The highest BCUT2D eigenvalue weighted by Crippen LogP contribution is 2.30. The molecule has 0 unspecified atom stereocenters. The molecular formula is C14H15NO2. The average Bonchev–Trinajstić information content (AvgIpc) is 3.15. The second-order valence-electron chi connectivity index (χ2n) is 4.08. The smallest absolute Gasteiger partial charge is 0.227 e. The molecule has 1 aliphatic carbocycles. The maximum Gasteiger partial charge on any atom is 0.227 e. The summed E-state index contributed by atoms with van der Waals surface area (Å²) in [5.74, 6) is 6.09. The largest absolute Gasteiger partial charge is 0.395 e. The molecule has 0 saturated heterocycles. The van der Waals surface area contributed by atoms with Crippen molar-refractivity contribution in [2.75, 3.05) is 11.9 Å². The third-order valence-corrected chi connectivity index (χ3v) is 2.59. The van der Waals surface area contributed by atoms with E-state index in [1.807, 2.05) is 24.3 Å². The molecular weight excluding hydrogens is 214 g/mol. The second-order valence-corrected chi connectivity index (χ2v) is 4.08. The van der Waals surface area contributed by atoms with Gasteiger partial charge in [0.15, 0.2) is 0 Å². The molecule has 0 heterocycles. The van der Waals surface area contributed by atoms with Crippen molar-refractivity contribution in [3.05, 3.63) is 29.8 Å². The molecule has 0 bridgehead atoms. The fraction of sp³-hybridized carbons (Fsp3) is 0.357. The van der Waals surface area contributed by atoms with Gasteiger partial charge < -0.3 is 10.4 Å². The first-order chi connectivity index (χ1) is 8.31. The third-order valence-electron chi connectivity index (χ3n) is 2.59. The molecule has 0 atom stereocenters. The van der Waals surface area contributed by atoms with Crippen LogP contribution in [-0.2, 0) is 4.79 Å². The lowest BCUT2D eigenvalue weighted by atomic mass is 10.1. The number of carbonyl (C=O) groups is 1. The number of aliphatic hydroxyl groups is 1. The number of benzene rings is 1. The molecule has 2 N–H and O–H groups in total. The van der Waals surface area contributed by atoms with Crippen molar-refractivity contribution in [3.8, 4) is 11.8 Å². The van der Waals surface area contributed by atoms with Crippen molar-refractivity contribution < 1.29 is 9.90 Å². The summed E-state index contributed by atoms with van der Waals surface area (Å²) in [5.41, 5.74) is 1.56. The van der Waals surface area contributed by atoms with E-state index in [2.05, 4.69) is 17.2 Å². The van der Waals surface area contributed by atoms with Crippen LogP contribution in [0.25, 0.3) is 0 Å². The van der Waals surface area contributed by atoms with Gasteiger partial charge in [-0.1, -0.05) is 24.0 Å². The lowest BCUT2D eigenvalue weighted by Crippen LogP contribution is -2.14. The number of anilines is 1. The summed E-state index contributed by atoms with van der Waals surface area (Å²) in [6.07, 6.45) is 2.43. The third kappa shape index (κ3) is 3.33. The highest BCUT2D eigenvalue weighted by Gasteiger charge is 2.29. The molecule has 88 valence electrons. The Labute approximate surface area is 101 Å². The van der Waals surface area contributed by atoms with Gasteiger partial charge in [0.05, 0.1) is 12.3 Å². The van der Waals surface area contributed by atoms with Crippen LogP contribution < -0.4 is 5.32 Å². The van der Waals surface area contributed by atoms with Gasteiger partial charge in [0.1, 0.15) is 0 Å². The summed E-state index contributed by atoms with van der Waals surface area (Å²) >= 11 is 0. The zero-order valence-electron chi connectivity index (χ0n) is 9.57. The van der Waals surface area contributed by atoms with Crippen molar-refractivity contribution in [2.45, 2.75) is 19.3 Å². The van der Waals surface area contributed by atoms with E-state index < -0.39 is 0 Å². The molecule has 17 heavy (non-hydrogen) atoms. The van der Waals surface area contributed by atoms with E-state index in [0.717, 1.165) is 24.1 Å². The van der Waals surface area contributed by atoms with Gasteiger partial charge in [0.25, 0.3) is 0 Å². The lowest BCUT2D eigenvalue weighted by Gasteiger charge is -2.06. The molecule has 1 amide bonds. The van der Waals surface area contributed by atoms with Crippen LogP contribution >= 0.6 is 0 Å². The molecule has 0 aromatic heterocycles. The molecule has 3 heteroatoms. The highest BCUT2D eigenvalue weighted by molar-refractivity contribution is 5.95. The standard InChI is InChI=1S/C14H15NO2/c16-10-4-3-6-11-5-1-2-7-13(11)15-14(17)12-8-9-12/h1-2,5,7,12,16H,4,8-10H2,(H,15,17). The first kappa shape index (κ1) is 11.7. The molecule has 0 aliphatic heterocycles. The van der Waals surface area contributed by atoms with Crippen molar-refractivity contribution >= 4 is 11.6 Å². The van der Waals surface area contributed by atoms with Crippen LogP contribution in [0.1, 0.15) is 24.8 Å². The fourth-order valence-corrected chi connectivity index (χ4v) is 1.50. The number of hydrogen-bond donors (Lipinski definition) is 2. The Hall–Kier alpha value is -1.79. The summed E-state index contributed by atoms with van der Waals surface area (Å²) in [7, 11) is 0. The summed E-state index contributed by atoms with van der Waals surface area (Å²) in [5, 5.41) is 11.6. The predicted octanol–water partition coefficient (Wildman–Crippen LogP) is 1.77. The van der Waals surface area contributed by atoms with E-state index in [9.17, 15) is 4.79 Å². The van der Waals surface area contributed by atoms with E-state index in [0.29, 0.717) is 6.42 Å². The summed E-state index contributed by atoms with van der Waals surface area (Å²) in [4.78, 5) is 11.7. The molecule has 1 aliphatic rings. The van der Waals surface area contributed by atoms with Crippen LogP contribution in [-0.4, -0.2) is 17.6 Å². The lowest BCUT2D eigenvalue weighted by molar-refractivity contribution is -0.117. The van der Waals surface area contributed by atoms with Gasteiger partial charge in [-0.05, 0) is 25.0 Å². The van der Waals surface area contributed by atoms with Gasteiger partial charge in [0.2, 0.25) is 5.91 Å². The number of amides is 1. The van der Waals surface area contributed by atoms with Crippen LogP contribution in [0, 0.1) is 17.8 Å². The zero-order chi connectivity index (χ0) is 12.1. The van der Waals surface area contributed by atoms with Gasteiger partial charge in [-0.15, -0.1) is 0 Å². The number of rotatable bonds is 3. The normalized spacial score (nSPS) is 13.7. The zero-order valence-corrected chi connectivity index (χ0v) is 9.57. The Morgan fingerprint density at radius 1 is 1.41 bits per heavy atom. The fourth-order valence-electron chi connectivity index (χ4n) is 1.50. The number of nitrogens with one attached hydrogen (secondary N) is 1. The van der Waals surface area contributed by atoms with Crippen LogP contribution in [0.15, 0.2) is 24.3 Å². The van der Waals surface area contributed by atoms with E-state index in [-0.39, 0.29) is 18.4 Å². The van der Waals surface area contributed by atoms with Crippen LogP contribution in [0.4, 0.5) is 5.69 Å². The first-order valence-electron chi connectivity index (χ1n) is 5.81. The molecule has 0 spiro atoms. The number of carbonyl (C=O) groups excluding carboxylic acids is 1. The van der Waals surface area contributed by atoms with E-state index in [1.165, 1.54) is 0 Å². The average molecular weight is 229 g/mol. The minimum Gasteiger partial charge on any atom is -0.395 e. The summed E-state index contributed by atoms with van der Waals surface area (Å²) in [6, 6.07) is 7.48. The molecule has 0 radical (unpaired) electrons. The maximum absolute atomic E-state index is 11.7. The van der Waals surface area contributed by atoms with Gasteiger partial charge in [-0.3, -0.25) is 4.79 Å². The first-order valence-corrected chi connectivity index (χ1v) is 5.81. The van der Waals surface area contributed by atoms with Crippen molar-refractivity contribution in [2.24, 2.45) is 5.92 Å². The molecule has 1 saturated carbocycles. The Morgan fingerprint density at radius 2 is 2.18 bits per heavy atom. The van der Waals surface area contributed by atoms with Crippen LogP contribution in [0.3, 0.4) is 0 Å². The van der Waals surface area contributed by atoms with Crippen LogP contribution in [0.5, 0.6) is 0 Å². The minimum absolute atomic E-state index is 0.0591. The number of aliphatic hydroxyl groups excluding tert-OH is 1. The molecule has 1 aromatic rings. The van der Waals surface area contributed by atoms with E-state index >= 15 is 0 Å². The minimum atomic E-state index is 0.0591. The van der Waals surface area contributed by atoms with Gasteiger partial charge in [-0.25, -0.2) is 0 Å². The Morgan fingerprint density at radius 3 is 2.88 bits per heavy atom. The van der Waals surface area contributed by atoms with E-state index in [1.54, 1.807) is 0 Å². The molecule has 1 fully saturated rings. The second kappa shape index (κ2) is 5.51. The summed E-state index contributed by atoms with van der Waals surface area (Å²) in [6.45, 7) is 0.0591. The molecule has 2 rings (SSSR count). The molecule has 1 aromatic carbocycles. The van der Waals surface area contributed by atoms with Gasteiger partial charge >= 0.3 is 0 Å². The Balaban J connectivity index is 2.10. The van der Waals surface area contributed by atoms with Crippen molar-refractivity contribution in [1.29, 1.82) is 0 Å². The number of para-hydroxylation sites is 1. The highest BCUT2D eigenvalue weighted by atomic mass is 16.2. The maximum atomic E-state index is 11.7. The predicted molar refractivity (Wildman–Crippen MR) is 66.4 cm³/mol. The van der Waals surface area contributed by atoms with Crippen LogP contribution in [0.2, 0.25) is 0 Å². The van der Waals surface area contributed by atoms with Gasteiger partial charge in [-0.2, -0.15) is 0 Å². The van der Waals surface area contributed by atoms with Gasteiger partial charge in [0, 0.05) is 17.9 Å². The van der Waals surface area contributed by atoms with Crippen molar-refractivity contribution in [1.82, 2.24) is 0 Å². The topological polar surface area (TPSA) is 49.3 Å².